The van der Waals surface area contributed by atoms with E-state index in [1.54, 1.807) is 0 Å². The molecule has 5 heterocycles. The van der Waals surface area contributed by atoms with Crippen LogP contribution in [0, 0.1) is 11.8 Å². The lowest BCUT2D eigenvalue weighted by Crippen LogP contribution is -2.52. The van der Waals surface area contributed by atoms with Gasteiger partial charge in [0.2, 0.25) is 5.28 Å². The van der Waals surface area contributed by atoms with E-state index in [9.17, 15) is 29.3 Å². The summed E-state index contributed by atoms with van der Waals surface area (Å²) >= 11 is 6.21. The van der Waals surface area contributed by atoms with Crippen molar-refractivity contribution in [1.29, 1.82) is 0 Å². The Hall–Kier alpha value is -1.26. The van der Waals surface area contributed by atoms with Crippen molar-refractivity contribution in [3.8, 4) is 0 Å². The third-order valence-corrected chi connectivity index (χ3v) is 10.5. The van der Waals surface area contributed by atoms with Crippen LogP contribution < -0.4 is 4.90 Å². The molecule has 1 unspecified atom stereocenters. The van der Waals surface area contributed by atoms with Crippen LogP contribution in [-0.4, -0.2) is 113 Å². The predicted octanol–water partition coefficient (Wildman–Crippen LogP) is -1.12. The number of ether oxygens (including phenoxy) is 2. The lowest BCUT2D eigenvalue weighted by molar-refractivity contribution is -0.117. The fraction of sp³-hybridized carbons (Fsp3) is 0.722. The van der Waals surface area contributed by atoms with Gasteiger partial charge >= 0.3 is 15.2 Å². The second-order valence-corrected chi connectivity index (χ2v) is 13.8. The molecule has 6 N–H and O–H groups in total. The topological polar surface area (TPSA) is 230 Å². The molecule has 0 bridgehead atoms. The molecule has 5 rings (SSSR count). The molecule has 3 aliphatic heterocycles. The van der Waals surface area contributed by atoms with Gasteiger partial charge in [0.05, 0.1) is 38.0 Å². The van der Waals surface area contributed by atoms with Crippen molar-refractivity contribution in [2.45, 2.75) is 24.0 Å². The van der Waals surface area contributed by atoms with Crippen LogP contribution in [0.25, 0.3) is 11.0 Å². The number of aromatic nitrogens is 4. The van der Waals surface area contributed by atoms with Crippen LogP contribution in [0.1, 0.15) is 6.23 Å². The summed E-state index contributed by atoms with van der Waals surface area (Å²) < 4.78 is 40.2. The van der Waals surface area contributed by atoms with Crippen LogP contribution in [0.15, 0.2) is 6.20 Å². The van der Waals surface area contributed by atoms with Crippen LogP contribution in [0.5, 0.6) is 0 Å². The van der Waals surface area contributed by atoms with Gasteiger partial charge in [0, 0.05) is 24.9 Å². The maximum absolute atomic E-state index is 12.0. The van der Waals surface area contributed by atoms with E-state index in [0.717, 1.165) is 4.68 Å². The van der Waals surface area contributed by atoms with Crippen LogP contribution >= 0.6 is 26.8 Å². The van der Waals surface area contributed by atoms with Crippen molar-refractivity contribution in [2.75, 3.05) is 50.3 Å². The number of fused-ring (bicyclic) bond motifs is 2. The van der Waals surface area contributed by atoms with Crippen LogP contribution in [0.2, 0.25) is 5.28 Å². The van der Waals surface area contributed by atoms with Crippen molar-refractivity contribution in [2.24, 2.45) is 11.8 Å². The maximum Gasteiger partial charge on any atom is 0.340 e. The largest absolute Gasteiger partial charge is 0.393 e. The lowest BCUT2D eigenvalue weighted by atomic mass is 9.93. The average molecular weight is 586 g/mol. The van der Waals surface area contributed by atoms with E-state index >= 15 is 0 Å². The van der Waals surface area contributed by atoms with E-state index in [0.29, 0.717) is 49.3 Å². The quantitative estimate of drug-likeness (QED) is 0.159. The summed E-state index contributed by atoms with van der Waals surface area (Å²) in [5, 5.41) is 36.3. The molecule has 0 amide bonds. The Morgan fingerprint density at radius 3 is 2.49 bits per heavy atom. The Labute approximate surface area is 214 Å². The van der Waals surface area contributed by atoms with E-state index in [1.807, 2.05) is 4.90 Å². The zero-order valence-corrected chi connectivity index (χ0v) is 21.7. The van der Waals surface area contributed by atoms with Crippen molar-refractivity contribution in [1.82, 2.24) is 19.7 Å². The Morgan fingerprint density at radius 1 is 1.19 bits per heavy atom. The molecule has 206 valence electrons. The third kappa shape index (κ3) is 5.19. The molecule has 19 heteroatoms. The highest BCUT2D eigenvalue weighted by Crippen LogP contribution is 2.56. The fourth-order valence-electron chi connectivity index (χ4n) is 5.00. The lowest BCUT2D eigenvalue weighted by Gasteiger charge is -2.28. The Kier molecular flexibility index (Phi) is 7.19. The van der Waals surface area contributed by atoms with Crippen molar-refractivity contribution >= 4 is 43.6 Å². The van der Waals surface area contributed by atoms with Gasteiger partial charge in [-0.3, -0.25) is 9.13 Å². The summed E-state index contributed by atoms with van der Waals surface area (Å²) in [6.45, 7) is 0.787. The highest BCUT2D eigenvalue weighted by molar-refractivity contribution is 7.70. The molecular weight excluding hydrogens is 560 g/mol. The summed E-state index contributed by atoms with van der Waals surface area (Å²) in [5.74, 6) is -0.221. The first-order valence-corrected chi connectivity index (χ1v) is 15.2. The summed E-state index contributed by atoms with van der Waals surface area (Å²) in [6, 6.07) is 0. The van der Waals surface area contributed by atoms with Gasteiger partial charge in [0.1, 0.15) is 23.6 Å². The molecule has 0 radical (unpaired) electrons. The number of nitrogens with zero attached hydrogens (tertiary/aromatic N) is 5. The van der Waals surface area contributed by atoms with Crippen LogP contribution in [0.3, 0.4) is 0 Å². The standard InChI is InChI=1S/C18H26ClN5O11P2/c19-17-21-14(23-2-9-4-33-5-10(9)3-23)11-1-20-24(15(11)22-17)16-13(26)18(27,7-25)12(35-16)6-34-37(31,32)8-36(28,29)30/h1,9-10,12-13,16,25-27H,2-8H2,(H,31,32)(H2,28,29,30)/t9-,10+,12-,13+,16+,18-/m1/s1. The van der Waals surface area contributed by atoms with Gasteiger partial charge < -0.3 is 48.9 Å². The molecule has 0 aliphatic carbocycles. The van der Waals surface area contributed by atoms with Crippen LogP contribution in [-0.2, 0) is 23.1 Å². The Bertz CT molecular complexity index is 1270. The number of halogens is 1. The van der Waals surface area contributed by atoms with Gasteiger partial charge in [-0.2, -0.15) is 15.1 Å². The first-order chi connectivity index (χ1) is 17.3. The normalized spacial score (nSPS) is 33.8. The van der Waals surface area contributed by atoms with Gasteiger partial charge in [0.15, 0.2) is 17.8 Å². The van der Waals surface area contributed by atoms with Crippen molar-refractivity contribution in [3.63, 3.8) is 0 Å². The smallest absolute Gasteiger partial charge is 0.340 e. The third-order valence-electron chi connectivity index (χ3n) is 6.87. The molecule has 3 aliphatic rings. The van der Waals surface area contributed by atoms with E-state index in [4.69, 9.17) is 35.4 Å². The van der Waals surface area contributed by atoms with Gasteiger partial charge in [-0.1, -0.05) is 0 Å². The van der Waals surface area contributed by atoms with E-state index in [-0.39, 0.29) is 10.9 Å². The van der Waals surface area contributed by atoms with E-state index in [2.05, 4.69) is 15.1 Å². The zero-order chi connectivity index (χ0) is 26.8. The second-order valence-electron chi connectivity index (χ2n) is 9.45. The van der Waals surface area contributed by atoms with E-state index in [1.165, 1.54) is 6.20 Å². The van der Waals surface area contributed by atoms with Crippen LogP contribution in [0.4, 0.5) is 5.82 Å². The molecule has 3 fully saturated rings. The molecule has 0 saturated carbocycles. The molecule has 3 saturated heterocycles. The molecule has 7 atom stereocenters. The number of aliphatic hydroxyl groups is 3. The highest BCUT2D eigenvalue weighted by atomic mass is 35.5. The first kappa shape index (κ1) is 27.3. The molecule has 16 nitrogen and oxygen atoms in total. The highest BCUT2D eigenvalue weighted by Gasteiger charge is 2.57. The number of hydrogen-bond donors (Lipinski definition) is 6. The van der Waals surface area contributed by atoms with Crippen molar-refractivity contribution in [3.05, 3.63) is 11.5 Å². The van der Waals surface area contributed by atoms with Gasteiger partial charge in [0.25, 0.3) is 0 Å². The second kappa shape index (κ2) is 9.73. The monoisotopic (exact) mass is 585 g/mol. The molecule has 0 aromatic carbocycles. The van der Waals surface area contributed by atoms with Gasteiger partial charge in [-0.15, -0.1) is 0 Å². The van der Waals surface area contributed by atoms with E-state index < -0.39 is 58.3 Å². The summed E-state index contributed by atoms with van der Waals surface area (Å²) in [4.78, 5) is 38.3. The molecule has 0 spiro atoms. The summed E-state index contributed by atoms with van der Waals surface area (Å²) in [7, 11) is -9.69. The summed E-state index contributed by atoms with van der Waals surface area (Å²) in [5.41, 5.74) is -2.21. The minimum atomic E-state index is -4.90. The fourth-order valence-corrected chi connectivity index (χ4v) is 7.72. The molecular formula is C18H26ClN5O11P2. The van der Waals surface area contributed by atoms with Gasteiger partial charge in [-0.25, -0.2) is 4.68 Å². The molecule has 37 heavy (non-hydrogen) atoms. The number of hydrogen-bond acceptors (Lipinski definition) is 12. The number of anilines is 1. The minimum absolute atomic E-state index is 0.0963. The number of rotatable bonds is 8. The zero-order valence-electron chi connectivity index (χ0n) is 19.1. The Balaban J connectivity index is 1.42. The first-order valence-electron chi connectivity index (χ1n) is 11.2. The van der Waals surface area contributed by atoms with Crippen molar-refractivity contribution < 1.29 is 53.1 Å². The Morgan fingerprint density at radius 2 is 1.86 bits per heavy atom. The number of aliphatic hydroxyl groups excluding tert-OH is 2. The molecule has 2 aromatic heterocycles. The van der Waals surface area contributed by atoms with Gasteiger partial charge in [-0.05, 0) is 11.6 Å². The minimum Gasteiger partial charge on any atom is -0.393 e. The molecule has 2 aromatic rings. The SMILES string of the molecule is O=P(O)(O)CP(=O)(O)OC[C@H]1O[C@H](n2ncc3c(N4C[C@H]5COC[C@H]5C4)nc(Cl)nc32)[C@H](O)[C@@]1(O)CO. The summed E-state index contributed by atoms with van der Waals surface area (Å²) in [6.07, 6.45) is -3.38. The maximum atomic E-state index is 12.0. The predicted molar refractivity (Wildman–Crippen MR) is 125 cm³/mol. The average Bonchev–Trinajstić information content (AvgIpc) is 3.54.